The van der Waals surface area contributed by atoms with E-state index < -0.39 is 5.60 Å². The fourth-order valence-electron chi connectivity index (χ4n) is 3.53. The van der Waals surface area contributed by atoms with E-state index in [2.05, 4.69) is 5.32 Å². The summed E-state index contributed by atoms with van der Waals surface area (Å²) in [6.07, 6.45) is 3.23. The Morgan fingerprint density at radius 2 is 1.67 bits per heavy atom. The normalized spacial score (nSPS) is 25.4. The van der Waals surface area contributed by atoms with Crippen LogP contribution in [0.3, 0.4) is 0 Å². The molecule has 0 aliphatic heterocycles. The SMILES string of the molecule is OCC(NC1CCC(O)(c2ccccc2)CC1)c1ccc(Cl)cc1. The monoisotopic (exact) mass is 345 g/mol. The molecule has 4 heteroatoms. The van der Waals surface area contributed by atoms with Gasteiger partial charge in [-0.15, -0.1) is 0 Å². The lowest BCUT2D eigenvalue weighted by Crippen LogP contribution is -2.42. The number of aliphatic hydroxyl groups is 2. The predicted molar refractivity (Wildman–Crippen MR) is 97.0 cm³/mol. The Morgan fingerprint density at radius 1 is 1.04 bits per heavy atom. The highest BCUT2D eigenvalue weighted by molar-refractivity contribution is 6.30. The van der Waals surface area contributed by atoms with Crippen molar-refractivity contribution in [3.63, 3.8) is 0 Å². The van der Waals surface area contributed by atoms with Gasteiger partial charge in [-0.1, -0.05) is 54.1 Å². The smallest absolute Gasteiger partial charge is 0.0897 e. The van der Waals surface area contributed by atoms with Gasteiger partial charge in [-0.25, -0.2) is 0 Å². The summed E-state index contributed by atoms with van der Waals surface area (Å²) >= 11 is 5.93. The van der Waals surface area contributed by atoms with Crippen molar-refractivity contribution in [2.45, 2.75) is 43.4 Å². The quantitative estimate of drug-likeness (QED) is 0.772. The molecule has 2 aromatic rings. The average molecular weight is 346 g/mol. The van der Waals surface area contributed by atoms with Crippen LogP contribution in [0.1, 0.15) is 42.9 Å². The van der Waals surface area contributed by atoms with Crippen molar-refractivity contribution in [2.75, 3.05) is 6.61 Å². The van der Waals surface area contributed by atoms with E-state index in [0.717, 1.165) is 36.8 Å². The lowest BCUT2D eigenvalue weighted by atomic mass is 9.77. The number of hydrogen-bond donors (Lipinski definition) is 3. The van der Waals surface area contributed by atoms with Gasteiger partial charge in [0.1, 0.15) is 0 Å². The zero-order chi connectivity index (χ0) is 17.0. The third kappa shape index (κ3) is 3.98. The molecule has 0 bridgehead atoms. The number of aliphatic hydroxyl groups excluding tert-OH is 1. The molecule has 0 amide bonds. The van der Waals surface area contributed by atoms with Crippen LogP contribution in [0.5, 0.6) is 0 Å². The number of rotatable bonds is 5. The number of benzene rings is 2. The van der Waals surface area contributed by atoms with Crippen molar-refractivity contribution in [1.29, 1.82) is 0 Å². The molecule has 1 saturated carbocycles. The highest BCUT2D eigenvalue weighted by atomic mass is 35.5. The van der Waals surface area contributed by atoms with Gasteiger partial charge in [0.05, 0.1) is 18.2 Å². The molecule has 1 aliphatic carbocycles. The molecule has 0 heterocycles. The summed E-state index contributed by atoms with van der Waals surface area (Å²) in [6.45, 7) is 0.0427. The Labute approximate surface area is 148 Å². The predicted octanol–water partition coefficient (Wildman–Crippen LogP) is 3.79. The molecule has 0 aromatic heterocycles. The van der Waals surface area contributed by atoms with Crippen molar-refractivity contribution >= 4 is 11.6 Å². The fourth-order valence-corrected chi connectivity index (χ4v) is 3.66. The van der Waals surface area contributed by atoms with Gasteiger partial charge in [0.25, 0.3) is 0 Å². The standard InChI is InChI=1S/C20H24ClNO2/c21-17-8-6-15(7-9-17)19(14-23)22-18-10-12-20(24,13-11-18)16-4-2-1-3-5-16/h1-9,18-19,22-24H,10-14H2. The van der Waals surface area contributed by atoms with Crippen LogP contribution in [0.2, 0.25) is 5.02 Å². The Balaban J connectivity index is 1.61. The van der Waals surface area contributed by atoms with Crippen LogP contribution in [0, 0.1) is 0 Å². The Kier molecular flexibility index (Phi) is 5.57. The van der Waals surface area contributed by atoms with Crippen LogP contribution in [0.25, 0.3) is 0 Å². The molecule has 1 aliphatic rings. The Morgan fingerprint density at radius 3 is 2.25 bits per heavy atom. The van der Waals surface area contributed by atoms with E-state index >= 15 is 0 Å². The first-order chi connectivity index (χ1) is 11.6. The molecular weight excluding hydrogens is 322 g/mol. The Bertz CT molecular complexity index is 636. The van der Waals surface area contributed by atoms with Gasteiger partial charge in [0.15, 0.2) is 0 Å². The zero-order valence-corrected chi connectivity index (χ0v) is 14.4. The van der Waals surface area contributed by atoms with E-state index in [9.17, 15) is 10.2 Å². The van der Waals surface area contributed by atoms with Crippen LogP contribution in [-0.4, -0.2) is 22.9 Å². The molecule has 24 heavy (non-hydrogen) atoms. The van der Waals surface area contributed by atoms with E-state index in [1.165, 1.54) is 0 Å². The van der Waals surface area contributed by atoms with E-state index in [1.54, 1.807) is 0 Å². The van der Waals surface area contributed by atoms with Crippen LogP contribution >= 0.6 is 11.6 Å². The first kappa shape index (κ1) is 17.4. The molecule has 3 N–H and O–H groups in total. The molecule has 128 valence electrons. The van der Waals surface area contributed by atoms with Crippen LogP contribution in [0.4, 0.5) is 0 Å². The van der Waals surface area contributed by atoms with Crippen molar-refractivity contribution in [3.8, 4) is 0 Å². The molecule has 1 atom stereocenters. The highest BCUT2D eigenvalue weighted by Gasteiger charge is 2.35. The van der Waals surface area contributed by atoms with E-state index in [0.29, 0.717) is 11.1 Å². The molecule has 3 rings (SSSR count). The highest BCUT2D eigenvalue weighted by Crippen LogP contribution is 2.37. The molecule has 0 spiro atoms. The topological polar surface area (TPSA) is 52.5 Å². The summed E-state index contributed by atoms with van der Waals surface area (Å²) in [7, 11) is 0. The van der Waals surface area contributed by atoms with Gasteiger partial charge < -0.3 is 15.5 Å². The summed E-state index contributed by atoms with van der Waals surface area (Å²) in [6, 6.07) is 17.7. The van der Waals surface area contributed by atoms with Gasteiger partial charge >= 0.3 is 0 Å². The first-order valence-electron chi connectivity index (χ1n) is 8.51. The van der Waals surface area contributed by atoms with Crippen LogP contribution in [0.15, 0.2) is 54.6 Å². The summed E-state index contributed by atoms with van der Waals surface area (Å²) in [4.78, 5) is 0. The molecule has 0 saturated heterocycles. The second kappa shape index (κ2) is 7.66. The largest absolute Gasteiger partial charge is 0.394 e. The molecule has 0 radical (unpaired) electrons. The summed E-state index contributed by atoms with van der Waals surface area (Å²) in [5, 5.41) is 24.8. The molecule has 3 nitrogen and oxygen atoms in total. The van der Waals surface area contributed by atoms with Gasteiger partial charge in [-0.2, -0.15) is 0 Å². The first-order valence-corrected chi connectivity index (χ1v) is 8.89. The average Bonchev–Trinajstić information content (AvgIpc) is 2.63. The lowest BCUT2D eigenvalue weighted by Gasteiger charge is -2.38. The lowest BCUT2D eigenvalue weighted by molar-refractivity contribution is -0.0101. The van der Waals surface area contributed by atoms with Crippen molar-refractivity contribution in [2.24, 2.45) is 0 Å². The second-order valence-electron chi connectivity index (χ2n) is 6.63. The second-order valence-corrected chi connectivity index (χ2v) is 7.06. The number of nitrogens with one attached hydrogen (secondary N) is 1. The zero-order valence-electron chi connectivity index (χ0n) is 13.7. The minimum absolute atomic E-state index is 0.0427. The third-order valence-corrected chi connectivity index (χ3v) is 5.27. The molecular formula is C20H24ClNO2. The Hall–Kier alpha value is -1.39. The van der Waals surface area contributed by atoms with Crippen molar-refractivity contribution in [3.05, 3.63) is 70.7 Å². The van der Waals surface area contributed by atoms with E-state index in [1.807, 2.05) is 54.6 Å². The molecule has 1 unspecified atom stereocenters. The maximum Gasteiger partial charge on any atom is 0.0897 e. The van der Waals surface area contributed by atoms with E-state index in [4.69, 9.17) is 11.6 Å². The number of halogens is 1. The molecule has 2 aromatic carbocycles. The van der Waals surface area contributed by atoms with Gasteiger partial charge in [-0.3, -0.25) is 0 Å². The maximum atomic E-state index is 10.9. The summed E-state index contributed by atoms with van der Waals surface area (Å²) in [5.41, 5.74) is 1.31. The minimum Gasteiger partial charge on any atom is -0.394 e. The minimum atomic E-state index is -0.728. The van der Waals surface area contributed by atoms with Gasteiger partial charge in [0, 0.05) is 11.1 Å². The number of hydrogen-bond acceptors (Lipinski definition) is 3. The van der Waals surface area contributed by atoms with Gasteiger partial charge in [-0.05, 0) is 48.9 Å². The van der Waals surface area contributed by atoms with E-state index in [-0.39, 0.29) is 12.6 Å². The van der Waals surface area contributed by atoms with Crippen LogP contribution < -0.4 is 5.32 Å². The summed E-state index contributed by atoms with van der Waals surface area (Å²) < 4.78 is 0. The van der Waals surface area contributed by atoms with Crippen LogP contribution in [-0.2, 0) is 5.60 Å². The molecule has 1 fully saturated rings. The van der Waals surface area contributed by atoms with Crippen molar-refractivity contribution in [1.82, 2.24) is 5.32 Å². The summed E-state index contributed by atoms with van der Waals surface area (Å²) in [5.74, 6) is 0. The fraction of sp³-hybridized carbons (Fsp3) is 0.400. The third-order valence-electron chi connectivity index (χ3n) is 5.02. The maximum absolute atomic E-state index is 10.9. The van der Waals surface area contributed by atoms with Gasteiger partial charge in [0.2, 0.25) is 0 Å². The van der Waals surface area contributed by atoms with Crippen molar-refractivity contribution < 1.29 is 10.2 Å².